The molecule has 1 aromatic rings. The number of hydrogen-bond acceptors (Lipinski definition) is 1. The van der Waals surface area contributed by atoms with Crippen LogP contribution in [0.15, 0.2) is 18.2 Å². The Bertz CT molecular complexity index is 415. The van der Waals surface area contributed by atoms with E-state index in [-0.39, 0.29) is 0 Å². The monoisotopic (exact) mass is 280 g/mol. The molecule has 1 heterocycles. The highest BCUT2D eigenvalue weighted by Crippen LogP contribution is 2.44. The fourth-order valence-electron chi connectivity index (χ4n) is 2.99. The number of hydrogen-bond donors (Lipinski definition) is 0. The summed E-state index contributed by atoms with van der Waals surface area (Å²) in [6, 6.07) is 6.78. The van der Waals surface area contributed by atoms with Gasteiger partial charge in [-0.05, 0) is 41.9 Å². The Hall–Kier alpha value is -0.500. The zero-order valence-electron chi connectivity index (χ0n) is 9.63. The van der Waals surface area contributed by atoms with E-state index in [1.165, 1.54) is 30.4 Å². The molecule has 1 aromatic carbocycles. The van der Waals surface area contributed by atoms with Gasteiger partial charge in [-0.1, -0.05) is 35.0 Å². The molecule has 2 aliphatic rings. The molecule has 2 atom stereocenters. The maximum atomic E-state index is 5.56. The highest BCUT2D eigenvalue weighted by Gasteiger charge is 2.35. The summed E-state index contributed by atoms with van der Waals surface area (Å²) in [5.74, 6) is 1.10. The first-order valence-electron chi connectivity index (χ1n) is 6.08. The van der Waals surface area contributed by atoms with E-state index in [1.807, 2.05) is 0 Å². The minimum atomic E-state index is 0.367. The zero-order chi connectivity index (χ0) is 11.2. The van der Waals surface area contributed by atoms with E-state index in [9.17, 15) is 0 Å². The molecule has 0 spiro atoms. The van der Waals surface area contributed by atoms with Crippen LogP contribution in [0.4, 0.5) is 0 Å². The van der Waals surface area contributed by atoms with E-state index in [0.29, 0.717) is 10.2 Å². The number of alkyl halides is 1. The summed E-state index contributed by atoms with van der Waals surface area (Å²) in [5, 5.41) is 0. The first kappa shape index (κ1) is 10.6. The summed E-state index contributed by atoms with van der Waals surface area (Å²) in [5.41, 5.74) is 3.27. The van der Waals surface area contributed by atoms with Gasteiger partial charge in [0, 0.05) is 11.2 Å². The van der Waals surface area contributed by atoms with Crippen LogP contribution in [-0.2, 0) is 11.8 Å². The highest BCUT2D eigenvalue weighted by molar-refractivity contribution is 9.09. The average molecular weight is 281 g/mol. The molecule has 0 radical (unpaired) electrons. The van der Waals surface area contributed by atoms with Crippen molar-refractivity contribution < 1.29 is 4.74 Å². The van der Waals surface area contributed by atoms with Crippen molar-refractivity contribution in [3.05, 3.63) is 29.3 Å². The predicted octanol–water partition coefficient (Wildman–Crippen LogP) is 3.83. The molecule has 1 nitrogen and oxygen atoms in total. The lowest BCUT2D eigenvalue weighted by atomic mass is 9.80. The van der Waals surface area contributed by atoms with E-state index in [0.717, 1.165) is 18.8 Å². The van der Waals surface area contributed by atoms with Gasteiger partial charge in [0.2, 0.25) is 0 Å². The second-order valence-electron chi connectivity index (χ2n) is 5.32. The number of halogens is 1. The van der Waals surface area contributed by atoms with Gasteiger partial charge in [0.05, 0.1) is 6.61 Å². The van der Waals surface area contributed by atoms with Crippen LogP contribution in [0.3, 0.4) is 0 Å². The quantitative estimate of drug-likeness (QED) is 0.711. The van der Waals surface area contributed by atoms with Crippen molar-refractivity contribution in [2.24, 2.45) is 0 Å². The smallest absolute Gasteiger partial charge is 0.122 e. The average Bonchev–Trinajstić information content (AvgIpc) is 2.84. The highest BCUT2D eigenvalue weighted by atomic mass is 79.9. The van der Waals surface area contributed by atoms with Crippen LogP contribution in [0.25, 0.3) is 0 Å². The van der Waals surface area contributed by atoms with Crippen LogP contribution in [0.2, 0.25) is 0 Å². The van der Waals surface area contributed by atoms with Gasteiger partial charge in [-0.25, -0.2) is 0 Å². The van der Waals surface area contributed by atoms with Gasteiger partial charge in [-0.2, -0.15) is 0 Å². The van der Waals surface area contributed by atoms with Crippen molar-refractivity contribution in [3.8, 4) is 5.75 Å². The second-order valence-corrected chi connectivity index (χ2v) is 6.62. The van der Waals surface area contributed by atoms with Crippen molar-refractivity contribution in [2.75, 3.05) is 6.61 Å². The lowest BCUT2D eigenvalue weighted by molar-refractivity contribution is 0.356. The SMILES string of the molecule is CC1(c2ccc3c(c2)CCO3)CCC(Br)C1. The minimum Gasteiger partial charge on any atom is -0.493 e. The van der Waals surface area contributed by atoms with Crippen LogP contribution in [0.5, 0.6) is 5.75 Å². The Kier molecular flexibility index (Phi) is 2.50. The summed E-state index contributed by atoms with van der Waals surface area (Å²) in [4.78, 5) is 0.696. The Labute approximate surface area is 105 Å². The third-order valence-corrected chi connectivity index (χ3v) is 4.85. The van der Waals surface area contributed by atoms with Crippen LogP contribution in [0.1, 0.15) is 37.3 Å². The van der Waals surface area contributed by atoms with Gasteiger partial charge in [0.25, 0.3) is 0 Å². The van der Waals surface area contributed by atoms with Gasteiger partial charge < -0.3 is 4.74 Å². The van der Waals surface area contributed by atoms with Crippen molar-refractivity contribution >= 4 is 15.9 Å². The minimum absolute atomic E-state index is 0.367. The molecular weight excluding hydrogens is 264 g/mol. The van der Waals surface area contributed by atoms with Gasteiger partial charge in [0.1, 0.15) is 5.75 Å². The zero-order valence-corrected chi connectivity index (χ0v) is 11.2. The maximum absolute atomic E-state index is 5.56. The Morgan fingerprint density at radius 3 is 3.06 bits per heavy atom. The van der Waals surface area contributed by atoms with Crippen molar-refractivity contribution in [3.63, 3.8) is 0 Å². The number of ether oxygens (including phenoxy) is 1. The molecule has 0 amide bonds. The van der Waals surface area contributed by atoms with E-state index >= 15 is 0 Å². The van der Waals surface area contributed by atoms with Gasteiger partial charge in [0.15, 0.2) is 0 Å². The molecule has 0 saturated heterocycles. The van der Waals surface area contributed by atoms with E-state index < -0.39 is 0 Å². The molecule has 0 bridgehead atoms. The lowest BCUT2D eigenvalue weighted by Crippen LogP contribution is -2.17. The fraction of sp³-hybridized carbons (Fsp3) is 0.571. The molecule has 2 unspecified atom stereocenters. The molecule has 2 heteroatoms. The molecule has 0 N–H and O–H groups in total. The molecular formula is C14H17BrO. The van der Waals surface area contributed by atoms with Crippen LogP contribution in [-0.4, -0.2) is 11.4 Å². The fourth-order valence-corrected chi connectivity index (χ4v) is 3.94. The Morgan fingerprint density at radius 2 is 2.31 bits per heavy atom. The summed E-state index contributed by atoms with van der Waals surface area (Å²) in [6.45, 7) is 3.25. The van der Waals surface area contributed by atoms with E-state index in [4.69, 9.17) is 4.74 Å². The molecule has 1 aliphatic carbocycles. The van der Waals surface area contributed by atoms with Gasteiger partial charge in [-0.3, -0.25) is 0 Å². The summed E-state index contributed by atoms with van der Waals surface area (Å²) >= 11 is 3.75. The summed E-state index contributed by atoms with van der Waals surface area (Å²) < 4.78 is 5.56. The Morgan fingerprint density at radius 1 is 1.44 bits per heavy atom. The first-order valence-corrected chi connectivity index (χ1v) is 6.99. The van der Waals surface area contributed by atoms with Crippen LogP contribution in [0, 0.1) is 0 Å². The Balaban J connectivity index is 1.95. The van der Waals surface area contributed by atoms with E-state index in [2.05, 4.69) is 41.1 Å². The molecule has 1 aliphatic heterocycles. The van der Waals surface area contributed by atoms with Crippen molar-refractivity contribution in [1.82, 2.24) is 0 Å². The standard InChI is InChI=1S/C14H17BrO/c1-14(6-4-12(15)9-14)11-2-3-13-10(8-11)5-7-16-13/h2-3,8,12H,4-7,9H2,1H3. The third-order valence-electron chi connectivity index (χ3n) is 4.07. The second kappa shape index (κ2) is 3.76. The molecule has 0 aromatic heterocycles. The molecule has 86 valence electrons. The topological polar surface area (TPSA) is 9.23 Å². The molecule has 1 fully saturated rings. The summed E-state index contributed by atoms with van der Waals surface area (Å²) in [6.07, 6.45) is 4.93. The number of rotatable bonds is 1. The normalized spacial score (nSPS) is 32.5. The molecule has 1 saturated carbocycles. The van der Waals surface area contributed by atoms with Gasteiger partial charge >= 0.3 is 0 Å². The number of fused-ring (bicyclic) bond motifs is 1. The predicted molar refractivity (Wildman–Crippen MR) is 69.6 cm³/mol. The molecule has 16 heavy (non-hydrogen) atoms. The van der Waals surface area contributed by atoms with Gasteiger partial charge in [-0.15, -0.1) is 0 Å². The molecule has 3 rings (SSSR count). The maximum Gasteiger partial charge on any atom is 0.122 e. The van der Waals surface area contributed by atoms with Crippen molar-refractivity contribution in [1.29, 1.82) is 0 Å². The lowest BCUT2D eigenvalue weighted by Gasteiger charge is -2.25. The first-order chi connectivity index (χ1) is 7.67. The van der Waals surface area contributed by atoms with Crippen LogP contribution < -0.4 is 4.74 Å². The summed E-state index contributed by atoms with van der Waals surface area (Å²) in [7, 11) is 0. The largest absolute Gasteiger partial charge is 0.493 e. The van der Waals surface area contributed by atoms with E-state index in [1.54, 1.807) is 0 Å². The third kappa shape index (κ3) is 1.67. The number of benzene rings is 1. The van der Waals surface area contributed by atoms with Crippen LogP contribution >= 0.6 is 15.9 Å². The van der Waals surface area contributed by atoms with Crippen molar-refractivity contribution in [2.45, 2.75) is 42.8 Å².